The van der Waals surface area contributed by atoms with Crippen LogP contribution in [0, 0.1) is 6.92 Å². The number of hydrogen-bond donors (Lipinski definition) is 1. The molecule has 3 heterocycles. The molecule has 22 heavy (non-hydrogen) atoms. The van der Waals surface area contributed by atoms with Crippen molar-refractivity contribution in [3.05, 3.63) is 39.8 Å². The normalized spacial score (nSPS) is 15.6. The Kier molecular flexibility index (Phi) is 4.59. The highest BCUT2D eigenvalue weighted by Crippen LogP contribution is 2.24. The second-order valence-electron chi connectivity index (χ2n) is 5.84. The van der Waals surface area contributed by atoms with Crippen molar-refractivity contribution in [3.63, 3.8) is 0 Å². The van der Waals surface area contributed by atoms with Crippen LogP contribution in [0.15, 0.2) is 23.8 Å². The number of rotatable bonds is 5. The highest BCUT2D eigenvalue weighted by molar-refractivity contribution is 7.10. The zero-order valence-corrected chi connectivity index (χ0v) is 13.9. The van der Waals surface area contributed by atoms with Crippen LogP contribution in [0.2, 0.25) is 0 Å². The maximum absolute atomic E-state index is 12.5. The topological polar surface area (TPSA) is 50.2 Å². The summed E-state index contributed by atoms with van der Waals surface area (Å²) in [6.07, 6.45) is 4.84. The van der Waals surface area contributed by atoms with Gasteiger partial charge in [-0.3, -0.25) is 9.48 Å². The van der Waals surface area contributed by atoms with Crippen LogP contribution >= 0.6 is 11.3 Å². The molecule has 1 atom stereocenters. The Balaban J connectivity index is 1.48. The van der Waals surface area contributed by atoms with Crippen molar-refractivity contribution < 1.29 is 4.79 Å². The zero-order chi connectivity index (χ0) is 15.5. The minimum atomic E-state index is -0.156. The first-order valence-electron chi connectivity index (χ1n) is 7.70. The van der Waals surface area contributed by atoms with Crippen LogP contribution in [0.4, 0.5) is 0 Å². The number of fused-ring (bicyclic) bond motifs is 1. The molecule has 118 valence electrons. The molecule has 0 spiro atoms. The number of aryl methyl sites for hydroxylation is 1. The van der Waals surface area contributed by atoms with Gasteiger partial charge in [-0.25, -0.2) is 0 Å². The first kappa shape index (κ1) is 15.2. The SMILES string of the molecule is Cc1cnn(CCNC(C)C(=O)N2CCc3sccc3C2)c1. The number of nitrogens with one attached hydrogen (secondary N) is 1. The maximum Gasteiger partial charge on any atom is 0.239 e. The van der Waals surface area contributed by atoms with Gasteiger partial charge in [-0.1, -0.05) is 0 Å². The molecule has 0 aliphatic carbocycles. The molecule has 0 aromatic carbocycles. The van der Waals surface area contributed by atoms with E-state index < -0.39 is 0 Å². The lowest BCUT2D eigenvalue weighted by molar-refractivity contribution is -0.133. The van der Waals surface area contributed by atoms with Crippen molar-refractivity contribution in [2.45, 2.75) is 39.4 Å². The highest BCUT2D eigenvalue weighted by atomic mass is 32.1. The maximum atomic E-state index is 12.5. The van der Waals surface area contributed by atoms with Gasteiger partial charge in [0.05, 0.1) is 18.8 Å². The monoisotopic (exact) mass is 318 g/mol. The Labute approximate surface area is 134 Å². The van der Waals surface area contributed by atoms with Crippen molar-refractivity contribution in [2.75, 3.05) is 13.1 Å². The number of carbonyl (C=O) groups is 1. The standard InChI is InChI=1S/C16H22N4OS/c1-12-9-18-20(10-12)7-5-17-13(2)16(21)19-6-3-15-14(11-19)4-8-22-15/h4,8-10,13,17H,3,5-7,11H2,1-2H3. The third-order valence-corrected chi connectivity index (χ3v) is 5.07. The molecule has 6 heteroatoms. The molecule has 1 aliphatic heterocycles. The summed E-state index contributed by atoms with van der Waals surface area (Å²) < 4.78 is 1.90. The molecule has 0 saturated heterocycles. The molecule has 0 saturated carbocycles. The van der Waals surface area contributed by atoms with Crippen LogP contribution in [0.5, 0.6) is 0 Å². The number of aromatic nitrogens is 2. The predicted octanol–water partition coefficient (Wildman–Crippen LogP) is 1.82. The van der Waals surface area contributed by atoms with Gasteiger partial charge in [0.1, 0.15) is 0 Å². The summed E-state index contributed by atoms with van der Waals surface area (Å²) in [5, 5.41) is 9.67. The van der Waals surface area contributed by atoms with E-state index in [1.165, 1.54) is 10.4 Å². The third kappa shape index (κ3) is 3.39. The molecular weight excluding hydrogens is 296 g/mol. The van der Waals surface area contributed by atoms with Crippen LogP contribution in [0.1, 0.15) is 22.9 Å². The molecule has 1 amide bonds. The predicted molar refractivity (Wildman–Crippen MR) is 87.9 cm³/mol. The van der Waals surface area contributed by atoms with Crippen LogP contribution in [-0.2, 0) is 24.3 Å². The van der Waals surface area contributed by atoms with Gasteiger partial charge in [-0.2, -0.15) is 5.10 Å². The zero-order valence-electron chi connectivity index (χ0n) is 13.1. The third-order valence-electron chi connectivity index (χ3n) is 4.04. The van der Waals surface area contributed by atoms with Gasteiger partial charge in [-0.05, 0) is 42.8 Å². The van der Waals surface area contributed by atoms with E-state index in [1.54, 1.807) is 11.3 Å². The van der Waals surface area contributed by atoms with Crippen molar-refractivity contribution in [2.24, 2.45) is 0 Å². The fourth-order valence-electron chi connectivity index (χ4n) is 2.78. The number of amides is 1. The Bertz CT molecular complexity index is 648. The number of nitrogens with zero attached hydrogens (tertiary/aromatic N) is 3. The van der Waals surface area contributed by atoms with Gasteiger partial charge in [0.25, 0.3) is 0 Å². The number of hydrogen-bond acceptors (Lipinski definition) is 4. The van der Waals surface area contributed by atoms with E-state index in [4.69, 9.17) is 0 Å². The van der Waals surface area contributed by atoms with E-state index in [0.29, 0.717) is 0 Å². The second-order valence-corrected chi connectivity index (χ2v) is 6.84. The minimum Gasteiger partial charge on any atom is -0.337 e. The fourth-order valence-corrected chi connectivity index (χ4v) is 3.67. The van der Waals surface area contributed by atoms with Gasteiger partial charge in [-0.15, -0.1) is 11.3 Å². The highest BCUT2D eigenvalue weighted by Gasteiger charge is 2.24. The first-order chi connectivity index (χ1) is 10.6. The Morgan fingerprint density at radius 2 is 2.41 bits per heavy atom. The number of thiophene rings is 1. The quantitative estimate of drug-likeness (QED) is 0.915. The summed E-state index contributed by atoms with van der Waals surface area (Å²) in [7, 11) is 0. The Hall–Kier alpha value is -1.66. The molecule has 5 nitrogen and oxygen atoms in total. The second kappa shape index (κ2) is 6.62. The fraction of sp³-hybridized carbons (Fsp3) is 0.500. The Morgan fingerprint density at radius 1 is 1.55 bits per heavy atom. The van der Waals surface area contributed by atoms with Gasteiger partial charge in [0, 0.05) is 30.7 Å². The summed E-state index contributed by atoms with van der Waals surface area (Å²) in [5.41, 5.74) is 2.47. The van der Waals surface area contributed by atoms with Crippen molar-refractivity contribution in [1.29, 1.82) is 0 Å². The molecule has 1 unspecified atom stereocenters. The lowest BCUT2D eigenvalue weighted by Gasteiger charge is -2.29. The van der Waals surface area contributed by atoms with Crippen LogP contribution in [0.25, 0.3) is 0 Å². The van der Waals surface area contributed by atoms with E-state index in [2.05, 4.69) is 21.9 Å². The largest absolute Gasteiger partial charge is 0.337 e. The molecule has 2 aromatic heterocycles. The molecule has 0 bridgehead atoms. The van der Waals surface area contributed by atoms with E-state index in [-0.39, 0.29) is 11.9 Å². The van der Waals surface area contributed by atoms with Crippen LogP contribution < -0.4 is 5.32 Å². The smallest absolute Gasteiger partial charge is 0.239 e. The number of carbonyl (C=O) groups excluding carboxylic acids is 1. The van der Waals surface area contributed by atoms with Crippen LogP contribution in [0.3, 0.4) is 0 Å². The molecular formula is C16H22N4OS. The lowest BCUT2D eigenvalue weighted by atomic mass is 10.1. The van der Waals surface area contributed by atoms with E-state index >= 15 is 0 Å². The van der Waals surface area contributed by atoms with Crippen molar-refractivity contribution >= 4 is 17.2 Å². The molecule has 0 radical (unpaired) electrons. The van der Waals surface area contributed by atoms with Gasteiger partial charge in [0.15, 0.2) is 0 Å². The minimum absolute atomic E-state index is 0.156. The summed E-state index contributed by atoms with van der Waals surface area (Å²) in [6, 6.07) is 1.98. The van der Waals surface area contributed by atoms with Crippen LogP contribution in [-0.4, -0.2) is 39.7 Å². The average molecular weight is 318 g/mol. The summed E-state index contributed by atoms with van der Waals surface area (Å²) in [5.74, 6) is 0.188. The molecule has 3 rings (SSSR count). The summed E-state index contributed by atoms with van der Waals surface area (Å²) >= 11 is 1.80. The molecule has 1 N–H and O–H groups in total. The van der Waals surface area contributed by atoms with Gasteiger partial charge < -0.3 is 10.2 Å². The van der Waals surface area contributed by atoms with E-state index in [9.17, 15) is 4.79 Å². The summed E-state index contributed by atoms with van der Waals surface area (Å²) in [6.45, 7) is 7.07. The van der Waals surface area contributed by atoms with E-state index in [0.717, 1.165) is 38.2 Å². The molecule has 2 aromatic rings. The van der Waals surface area contributed by atoms with Gasteiger partial charge in [0.2, 0.25) is 5.91 Å². The average Bonchev–Trinajstić information content (AvgIpc) is 3.14. The summed E-state index contributed by atoms with van der Waals surface area (Å²) in [4.78, 5) is 15.9. The lowest BCUT2D eigenvalue weighted by Crippen LogP contribution is -2.47. The van der Waals surface area contributed by atoms with Crippen molar-refractivity contribution in [1.82, 2.24) is 20.0 Å². The molecule has 1 aliphatic rings. The van der Waals surface area contributed by atoms with Gasteiger partial charge >= 0.3 is 0 Å². The van der Waals surface area contributed by atoms with Crippen molar-refractivity contribution in [3.8, 4) is 0 Å². The molecule has 0 fully saturated rings. The Morgan fingerprint density at radius 3 is 3.18 bits per heavy atom. The van der Waals surface area contributed by atoms with E-state index in [1.807, 2.05) is 35.8 Å². The first-order valence-corrected chi connectivity index (χ1v) is 8.58.